The first kappa shape index (κ1) is 20.3. The number of amides is 3. The number of benzene rings is 2. The van der Waals surface area contributed by atoms with Gasteiger partial charge in [-0.1, -0.05) is 35.9 Å². The van der Waals surface area contributed by atoms with Gasteiger partial charge in [0.25, 0.3) is 5.91 Å². The predicted molar refractivity (Wildman–Crippen MR) is 107 cm³/mol. The van der Waals surface area contributed by atoms with Gasteiger partial charge in [-0.25, -0.2) is 4.79 Å². The molecule has 0 aliphatic rings. The second kappa shape index (κ2) is 9.07. The number of likely N-dealkylation sites (N-methyl/N-ethyl adjacent to an activating group) is 1. The highest BCUT2D eigenvalue weighted by molar-refractivity contribution is 5.89. The van der Waals surface area contributed by atoms with Crippen molar-refractivity contribution in [1.82, 2.24) is 9.80 Å². The fourth-order valence-electron chi connectivity index (χ4n) is 2.39. The highest BCUT2D eigenvalue weighted by Crippen LogP contribution is 2.22. The Morgan fingerprint density at radius 1 is 1.07 bits per heavy atom. The van der Waals surface area contributed by atoms with Gasteiger partial charge >= 0.3 is 6.03 Å². The number of hydrogen-bond acceptors (Lipinski definition) is 3. The van der Waals surface area contributed by atoms with Crippen LogP contribution < -0.4 is 10.1 Å². The van der Waals surface area contributed by atoms with E-state index in [1.165, 1.54) is 10.5 Å². The second-order valence-corrected chi connectivity index (χ2v) is 6.73. The molecule has 27 heavy (non-hydrogen) atoms. The van der Waals surface area contributed by atoms with Crippen molar-refractivity contribution in [3.63, 3.8) is 0 Å². The van der Waals surface area contributed by atoms with Crippen LogP contribution in [-0.4, -0.2) is 49.5 Å². The lowest BCUT2D eigenvalue weighted by Crippen LogP contribution is -2.33. The number of carbonyl (C=O) groups excluding carboxylic acids is 2. The topological polar surface area (TPSA) is 61.9 Å². The lowest BCUT2D eigenvalue weighted by atomic mass is 10.1. The average Bonchev–Trinajstić information content (AvgIpc) is 2.65. The van der Waals surface area contributed by atoms with Crippen LogP contribution in [0.25, 0.3) is 0 Å². The minimum Gasteiger partial charge on any atom is -0.484 e. The Bertz CT molecular complexity index is 788. The lowest BCUT2D eigenvalue weighted by molar-refractivity contribution is -0.130. The van der Waals surface area contributed by atoms with Gasteiger partial charge in [0.1, 0.15) is 5.75 Å². The van der Waals surface area contributed by atoms with Crippen molar-refractivity contribution in [2.75, 3.05) is 33.1 Å². The molecule has 0 aliphatic carbocycles. The van der Waals surface area contributed by atoms with Crippen LogP contribution in [0.15, 0.2) is 48.5 Å². The molecule has 0 saturated carbocycles. The van der Waals surface area contributed by atoms with E-state index in [0.717, 1.165) is 5.56 Å². The first-order valence-corrected chi connectivity index (χ1v) is 8.81. The number of rotatable bonds is 6. The van der Waals surface area contributed by atoms with E-state index in [2.05, 4.69) is 5.32 Å². The SMILES string of the molecule is Cc1ccc(C(C)N(C)C(=O)Nc2cccc(OCC(=O)N(C)C)c2)cc1. The molecule has 2 rings (SSSR count). The largest absolute Gasteiger partial charge is 0.484 e. The number of ether oxygens (including phenoxy) is 1. The molecule has 0 fully saturated rings. The van der Waals surface area contributed by atoms with Crippen LogP contribution >= 0.6 is 0 Å². The third-order valence-corrected chi connectivity index (χ3v) is 4.41. The van der Waals surface area contributed by atoms with Crippen LogP contribution in [0, 0.1) is 6.92 Å². The van der Waals surface area contributed by atoms with Gasteiger partial charge in [0.2, 0.25) is 0 Å². The van der Waals surface area contributed by atoms with Gasteiger partial charge in [0.15, 0.2) is 6.61 Å². The number of anilines is 1. The number of hydrogen-bond donors (Lipinski definition) is 1. The van der Waals surface area contributed by atoms with Crippen molar-refractivity contribution < 1.29 is 14.3 Å². The molecular weight excluding hydrogens is 342 g/mol. The monoisotopic (exact) mass is 369 g/mol. The predicted octanol–water partition coefficient (Wildman–Crippen LogP) is 3.69. The van der Waals surface area contributed by atoms with E-state index in [1.54, 1.807) is 50.3 Å². The smallest absolute Gasteiger partial charge is 0.322 e. The van der Waals surface area contributed by atoms with Gasteiger partial charge in [0.05, 0.1) is 6.04 Å². The number of urea groups is 1. The van der Waals surface area contributed by atoms with E-state index in [4.69, 9.17) is 4.74 Å². The summed E-state index contributed by atoms with van der Waals surface area (Å²) < 4.78 is 5.48. The quantitative estimate of drug-likeness (QED) is 0.845. The second-order valence-electron chi connectivity index (χ2n) is 6.73. The maximum Gasteiger partial charge on any atom is 0.322 e. The Hall–Kier alpha value is -3.02. The van der Waals surface area contributed by atoms with Crippen LogP contribution in [0.3, 0.4) is 0 Å². The van der Waals surface area contributed by atoms with Gasteiger partial charge < -0.3 is 19.9 Å². The van der Waals surface area contributed by atoms with Crippen molar-refractivity contribution in [2.24, 2.45) is 0 Å². The molecule has 0 aromatic heterocycles. The van der Waals surface area contributed by atoms with E-state index in [9.17, 15) is 9.59 Å². The number of nitrogens with one attached hydrogen (secondary N) is 1. The summed E-state index contributed by atoms with van der Waals surface area (Å²) in [7, 11) is 5.11. The zero-order valence-corrected chi connectivity index (χ0v) is 16.5. The standard InChI is InChI=1S/C21H27N3O3/c1-15-9-11-17(12-10-15)16(2)24(5)21(26)22-18-7-6-8-19(13-18)27-14-20(25)23(3)4/h6-13,16H,14H2,1-5H3,(H,22,26). The molecule has 3 amide bonds. The fraction of sp³-hybridized carbons (Fsp3) is 0.333. The summed E-state index contributed by atoms with van der Waals surface area (Å²) in [6.07, 6.45) is 0. The maximum atomic E-state index is 12.6. The molecule has 2 aromatic rings. The van der Waals surface area contributed by atoms with E-state index in [-0.39, 0.29) is 24.6 Å². The summed E-state index contributed by atoms with van der Waals surface area (Å²) in [6, 6.07) is 14.8. The van der Waals surface area contributed by atoms with E-state index in [0.29, 0.717) is 11.4 Å². The van der Waals surface area contributed by atoms with Crippen LogP contribution in [0.5, 0.6) is 5.75 Å². The Balaban J connectivity index is 1.99. The minimum absolute atomic E-state index is 0.0469. The third kappa shape index (κ3) is 5.74. The number of carbonyl (C=O) groups is 2. The van der Waals surface area contributed by atoms with E-state index in [1.807, 2.05) is 38.1 Å². The first-order valence-electron chi connectivity index (χ1n) is 8.81. The zero-order valence-electron chi connectivity index (χ0n) is 16.5. The van der Waals surface area contributed by atoms with Gasteiger partial charge in [-0.15, -0.1) is 0 Å². The van der Waals surface area contributed by atoms with E-state index >= 15 is 0 Å². The summed E-state index contributed by atoms with van der Waals surface area (Å²) in [5, 5.41) is 2.87. The van der Waals surface area contributed by atoms with Crippen molar-refractivity contribution in [3.05, 3.63) is 59.7 Å². The Kier molecular flexibility index (Phi) is 6.82. The van der Waals surface area contributed by atoms with Crippen LogP contribution in [0.4, 0.5) is 10.5 Å². The summed E-state index contributed by atoms with van der Waals surface area (Å²) in [4.78, 5) is 27.3. The molecule has 1 atom stereocenters. The van der Waals surface area contributed by atoms with Gasteiger partial charge in [-0.2, -0.15) is 0 Å². The number of aryl methyl sites for hydroxylation is 1. The first-order chi connectivity index (χ1) is 12.8. The highest BCUT2D eigenvalue weighted by atomic mass is 16.5. The van der Waals surface area contributed by atoms with Crippen LogP contribution in [0.2, 0.25) is 0 Å². The molecule has 0 aliphatic heterocycles. The Morgan fingerprint density at radius 3 is 2.37 bits per heavy atom. The molecule has 0 saturated heterocycles. The molecule has 6 nitrogen and oxygen atoms in total. The third-order valence-electron chi connectivity index (χ3n) is 4.41. The molecule has 2 aromatic carbocycles. The normalized spacial score (nSPS) is 11.4. The molecule has 0 bridgehead atoms. The Labute approximate surface area is 160 Å². The summed E-state index contributed by atoms with van der Waals surface area (Å²) >= 11 is 0. The van der Waals surface area contributed by atoms with Crippen molar-refractivity contribution in [2.45, 2.75) is 19.9 Å². The van der Waals surface area contributed by atoms with E-state index < -0.39 is 0 Å². The molecule has 1 unspecified atom stereocenters. The summed E-state index contributed by atoms with van der Waals surface area (Å²) in [5.74, 6) is 0.397. The van der Waals surface area contributed by atoms with Crippen molar-refractivity contribution in [3.8, 4) is 5.75 Å². The molecule has 0 spiro atoms. The van der Waals surface area contributed by atoms with Crippen molar-refractivity contribution in [1.29, 1.82) is 0 Å². The van der Waals surface area contributed by atoms with Gasteiger partial charge in [-0.3, -0.25) is 4.79 Å². The number of nitrogens with zero attached hydrogens (tertiary/aromatic N) is 2. The van der Waals surface area contributed by atoms with Gasteiger partial charge in [0, 0.05) is 32.9 Å². The molecule has 144 valence electrons. The Morgan fingerprint density at radius 2 is 1.74 bits per heavy atom. The average molecular weight is 369 g/mol. The molecule has 1 N–H and O–H groups in total. The summed E-state index contributed by atoms with van der Waals surface area (Å²) in [6.45, 7) is 3.97. The summed E-state index contributed by atoms with van der Waals surface area (Å²) in [5.41, 5.74) is 2.86. The van der Waals surface area contributed by atoms with Crippen LogP contribution in [-0.2, 0) is 4.79 Å². The molecule has 0 heterocycles. The molecule has 6 heteroatoms. The molecule has 0 radical (unpaired) electrons. The fourth-order valence-corrected chi connectivity index (χ4v) is 2.39. The van der Waals surface area contributed by atoms with Crippen LogP contribution in [0.1, 0.15) is 24.1 Å². The van der Waals surface area contributed by atoms with Crippen molar-refractivity contribution >= 4 is 17.6 Å². The minimum atomic E-state index is -0.218. The maximum absolute atomic E-state index is 12.6. The highest BCUT2D eigenvalue weighted by Gasteiger charge is 2.17. The van der Waals surface area contributed by atoms with Gasteiger partial charge in [-0.05, 0) is 31.5 Å². The zero-order chi connectivity index (χ0) is 20.0. The molecular formula is C21H27N3O3. The lowest BCUT2D eigenvalue weighted by Gasteiger charge is -2.25.